The Morgan fingerprint density at radius 3 is 2.76 bits per heavy atom. The monoisotopic (exact) mass is 299 g/mol. The molecule has 0 spiro atoms. The van der Waals surface area contributed by atoms with Crippen molar-refractivity contribution in [1.29, 1.82) is 0 Å². The fraction of sp³-hybridized carbons (Fsp3) is 0.417. The molecule has 17 heavy (non-hydrogen) atoms. The van der Waals surface area contributed by atoms with Gasteiger partial charge in [-0.3, -0.25) is 4.79 Å². The zero-order valence-electron chi connectivity index (χ0n) is 9.92. The Balaban J connectivity index is 2.41. The van der Waals surface area contributed by atoms with Crippen LogP contribution in [-0.2, 0) is 4.79 Å². The molecule has 0 aliphatic carbocycles. The van der Waals surface area contributed by atoms with E-state index in [2.05, 4.69) is 21.2 Å². The van der Waals surface area contributed by atoms with Gasteiger partial charge in [-0.2, -0.15) is 0 Å². The first kappa shape index (κ1) is 13.8. The van der Waals surface area contributed by atoms with Gasteiger partial charge in [0.25, 0.3) is 0 Å². The maximum absolute atomic E-state index is 10.5. The van der Waals surface area contributed by atoms with Gasteiger partial charge in [0.05, 0.1) is 0 Å². The molecule has 1 aromatic rings. The summed E-state index contributed by atoms with van der Waals surface area (Å²) >= 11 is 3.46. The second-order valence-corrected chi connectivity index (χ2v) is 4.89. The number of benzene rings is 1. The third-order valence-corrected chi connectivity index (χ3v) is 3.18. The van der Waals surface area contributed by atoms with Crippen molar-refractivity contribution < 1.29 is 4.79 Å². The van der Waals surface area contributed by atoms with Crippen LogP contribution in [0.1, 0.15) is 24.8 Å². The van der Waals surface area contributed by atoms with E-state index >= 15 is 0 Å². The number of nitrogens with two attached hydrogens (primary N) is 2. The predicted molar refractivity (Wildman–Crippen MR) is 74.8 cm³/mol. The minimum atomic E-state index is -0.241. The zero-order chi connectivity index (χ0) is 12.8. The van der Waals surface area contributed by atoms with Crippen LogP contribution in [0.4, 0.5) is 11.4 Å². The van der Waals surface area contributed by atoms with Crippen molar-refractivity contribution in [3.63, 3.8) is 0 Å². The number of nitrogens with one attached hydrogen (secondary N) is 1. The van der Waals surface area contributed by atoms with Gasteiger partial charge in [0.1, 0.15) is 0 Å². The molecular formula is C12H18BrN3O. The number of amides is 1. The van der Waals surface area contributed by atoms with Crippen LogP contribution in [0.5, 0.6) is 0 Å². The molecule has 5 N–H and O–H groups in total. The molecule has 94 valence electrons. The van der Waals surface area contributed by atoms with E-state index in [0.29, 0.717) is 6.42 Å². The number of halogens is 1. The first-order valence-corrected chi connectivity index (χ1v) is 6.38. The summed E-state index contributed by atoms with van der Waals surface area (Å²) in [7, 11) is 0. The Morgan fingerprint density at radius 1 is 1.41 bits per heavy atom. The maximum atomic E-state index is 10.5. The lowest BCUT2D eigenvalue weighted by Crippen LogP contribution is -2.11. The van der Waals surface area contributed by atoms with Crippen molar-refractivity contribution in [2.24, 2.45) is 5.73 Å². The van der Waals surface area contributed by atoms with Gasteiger partial charge < -0.3 is 16.8 Å². The first-order valence-electron chi connectivity index (χ1n) is 5.58. The largest absolute Gasteiger partial charge is 0.398 e. The molecule has 0 atom stereocenters. The molecule has 1 amide bonds. The molecule has 0 fully saturated rings. The number of nitrogen functional groups attached to an aromatic ring is 1. The van der Waals surface area contributed by atoms with Gasteiger partial charge in [0.15, 0.2) is 0 Å². The highest BCUT2D eigenvalue weighted by molar-refractivity contribution is 9.10. The fourth-order valence-corrected chi connectivity index (χ4v) is 1.98. The average Bonchev–Trinajstić information content (AvgIpc) is 2.24. The smallest absolute Gasteiger partial charge is 0.217 e. The number of primary amides is 1. The number of unbranched alkanes of at least 4 members (excludes halogenated alkanes) is 1. The van der Waals surface area contributed by atoms with Crippen molar-refractivity contribution in [3.8, 4) is 0 Å². The average molecular weight is 300 g/mol. The molecule has 0 bridgehead atoms. The van der Waals surface area contributed by atoms with Crippen LogP contribution in [0.3, 0.4) is 0 Å². The summed E-state index contributed by atoms with van der Waals surface area (Å²) in [6, 6.07) is 3.90. The van der Waals surface area contributed by atoms with Crippen LogP contribution in [0.15, 0.2) is 16.6 Å². The fourth-order valence-electron chi connectivity index (χ4n) is 1.48. The molecule has 1 rings (SSSR count). The van der Waals surface area contributed by atoms with E-state index in [4.69, 9.17) is 11.5 Å². The summed E-state index contributed by atoms with van der Waals surface area (Å²) in [6.07, 6.45) is 2.18. The quantitative estimate of drug-likeness (QED) is 0.557. The highest BCUT2D eigenvalue weighted by atomic mass is 79.9. The first-order chi connectivity index (χ1) is 8.00. The number of hydrogen-bond acceptors (Lipinski definition) is 3. The summed E-state index contributed by atoms with van der Waals surface area (Å²) < 4.78 is 0.954. The number of hydrogen-bond donors (Lipinski definition) is 3. The van der Waals surface area contributed by atoms with Crippen molar-refractivity contribution in [3.05, 3.63) is 22.2 Å². The van der Waals surface area contributed by atoms with Crippen molar-refractivity contribution in [2.45, 2.75) is 26.2 Å². The normalized spacial score (nSPS) is 10.2. The second-order valence-electron chi connectivity index (χ2n) is 4.04. The van der Waals surface area contributed by atoms with Gasteiger partial charge in [0, 0.05) is 28.8 Å². The molecule has 4 nitrogen and oxygen atoms in total. The summed E-state index contributed by atoms with van der Waals surface area (Å²) in [5, 5.41) is 3.30. The molecule has 0 radical (unpaired) electrons. The second kappa shape index (κ2) is 6.49. The molecule has 1 aromatic carbocycles. The molecule has 0 saturated carbocycles. The van der Waals surface area contributed by atoms with Gasteiger partial charge in [0.2, 0.25) is 5.91 Å². The van der Waals surface area contributed by atoms with Crippen LogP contribution in [0.25, 0.3) is 0 Å². The number of carbonyl (C=O) groups excluding carboxylic acids is 1. The third kappa shape index (κ3) is 4.65. The van der Waals surface area contributed by atoms with Gasteiger partial charge in [-0.1, -0.05) is 0 Å². The van der Waals surface area contributed by atoms with E-state index in [1.165, 1.54) is 0 Å². The Morgan fingerprint density at radius 2 is 2.12 bits per heavy atom. The Kier molecular flexibility index (Phi) is 5.28. The third-order valence-electron chi connectivity index (χ3n) is 2.52. The molecule has 0 saturated heterocycles. The maximum Gasteiger partial charge on any atom is 0.217 e. The lowest BCUT2D eigenvalue weighted by atomic mass is 10.1. The van der Waals surface area contributed by atoms with Gasteiger partial charge in [-0.15, -0.1) is 0 Å². The predicted octanol–water partition coefficient (Wildman–Crippen LogP) is 2.41. The lowest BCUT2D eigenvalue weighted by Gasteiger charge is -2.10. The minimum absolute atomic E-state index is 0.241. The standard InChI is InChI=1S/C12H18BrN3O/c1-8-6-11(9(13)7-10(8)14)16-5-3-2-4-12(15)17/h6-7,16H,2-5,14H2,1H3,(H2,15,17). The van der Waals surface area contributed by atoms with E-state index in [1.807, 2.05) is 19.1 Å². The van der Waals surface area contributed by atoms with E-state index in [-0.39, 0.29) is 5.91 Å². The van der Waals surface area contributed by atoms with Crippen molar-refractivity contribution in [1.82, 2.24) is 0 Å². The van der Waals surface area contributed by atoms with E-state index in [0.717, 1.165) is 40.8 Å². The van der Waals surface area contributed by atoms with Crippen molar-refractivity contribution in [2.75, 3.05) is 17.6 Å². The van der Waals surface area contributed by atoms with Gasteiger partial charge >= 0.3 is 0 Å². The molecule has 0 heterocycles. The van der Waals surface area contributed by atoms with Gasteiger partial charge in [-0.25, -0.2) is 0 Å². The number of carbonyl (C=O) groups is 1. The van der Waals surface area contributed by atoms with Crippen LogP contribution >= 0.6 is 15.9 Å². The SMILES string of the molecule is Cc1cc(NCCCCC(N)=O)c(Br)cc1N. The highest BCUT2D eigenvalue weighted by Crippen LogP contribution is 2.27. The summed E-state index contributed by atoms with van der Waals surface area (Å²) in [4.78, 5) is 10.5. The molecule has 5 heteroatoms. The number of aryl methyl sites for hydroxylation is 1. The number of rotatable bonds is 6. The van der Waals surface area contributed by atoms with Crippen LogP contribution in [0.2, 0.25) is 0 Å². The van der Waals surface area contributed by atoms with E-state index in [1.54, 1.807) is 0 Å². The summed E-state index contributed by atoms with van der Waals surface area (Å²) in [6.45, 7) is 2.79. The van der Waals surface area contributed by atoms with Crippen molar-refractivity contribution >= 4 is 33.2 Å². The van der Waals surface area contributed by atoms with Crippen LogP contribution < -0.4 is 16.8 Å². The Labute approximate surface area is 110 Å². The Bertz CT molecular complexity index is 407. The van der Waals surface area contributed by atoms with E-state index in [9.17, 15) is 4.79 Å². The molecule has 0 aliphatic heterocycles. The summed E-state index contributed by atoms with van der Waals surface area (Å²) in [5.74, 6) is -0.241. The zero-order valence-corrected chi connectivity index (χ0v) is 11.5. The van der Waals surface area contributed by atoms with Gasteiger partial charge in [-0.05, 0) is 53.4 Å². The topological polar surface area (TPSA) is 81.1 Å². The van der Waals surface area contributed by atoms with E-state index < -0.39 is 0 Å². The minimum Gasteiger partial charge on any atom is -0.398 e. The molecule has 0 unspecified atom stereocenters. The number of anilines is 2. The van der Waals surface area contributed by atoms with Crippen LogP contribution in [-0.4, -0.2) is 12.5 Å². The van der Waals surface area contributed by atoms with Crippen LogP contribution in [0, 0.1) is 6.92 Å². The lowest BCUT2D eigenvalue weighted by molar-refractivity contribution is -0.118. The molecular weight excluding hydrogens is 282 g/mol. The Hall–Kier alpha value is -1.23. The summed E-state index contributed by atoms with van der Waals surface area (Å²) in [5.41, 5.74) is 13.7. The molecule has 0 aromatic heterocycles. The highest BCUT2D eigenvalue weighted by Gasteiger charge is 2.03. The molecule has 0 aliphatic rings.